The van der Waals surface area contributed by atoms with E-state index in [-0.39, 0.29) is 0 Å². The lowest BCUT2D eigenvalue weighted by Crippen LogP contribution is -1.92. The molecule has 0 atom stereocenters. The van der Waals surface area contributed by atoms with Crippen LogP contribution in [-0.4, -0.2) is 0 Å². The molecule has 1 heteroatoms. The number of hydrogen-bond acceptors (Lipinski definition) is 1. The van der Waals surface area contributed by atoms with E-state index < -0.39 is 0 Å². The van der Waals surface area contributed by atoms with Gasteiger partial charge in [0.25, 0.3) is 0 Å². The summed E-state index contributed by atoms with van der Waals surface area (Å²) < 4.78 is 6.33. The lowest BCUT2D eigenvalue weighted by Gasteiger charge is -2.19. The Balaban J connectivity index is 1.34. The first kappa shape index (κ1) is 24.0. The second kappa shape index (κ2) is 9.44. The summed E-state index contributed by atoms with van der Waals surface area (Å²) in [7, 11) is 0. The van der Waals surface area contributed by atoms with Crippen LogP contribution < -0.4 is 0 Å². The maximum atomic E-state index is 6.33. The van der Waals surface area contributed by atoms with E-state index in [9.17, 15) is 0 Å². The Kier molecular flexibility index (Phi) is 5.27. The minimum Gasteiger partial charge on any atom is -0.456 e. The smallest absolute Gasteiger partial charge is 0.136 e. The van der Waals surface area contributed by atoms with Gasteiger partial charge in [0.05, 0.1) is 0 Å². The van der Waals surface area contributed by atoms with Crippen LogP contribution in [0.4, 0.5) is 0 Å². The van der Waals surface area contributed by atoms with Crippen molar-refractivity contribution in [2.24, 2.45) is 0 Å². The number of hydrogen-bond donors (Lipinski definition) is 0. The molecule has 0 bridgehead atoms. The first-order chi connectivity index (χ1) is 21.3. The standard InChI is InChI=1S/C42H26O/c1-2-12-28-25-29(22-21-27(28)11-1)31-13-3-4-15-34(31)42-37-18-7-5-16-35(37)41(36-17-6-8-19-38(36)42)30-23-24-33-32-14-9-10-20-39(32)43-40(33)26-30/h1-26H. The molecule has 0 radical (unpaired) electrons. The largest absolute Gasteiger partial charge is 0.456 e. The minimum atomic E-state index is 0.914. The Hall–Kier alpha value is -5.66. The van der Waals surface area contributed by atoms with Crippen molar-refractivity contribution in [1.82, 2.24) is 0 Å². The van der Waals surface area contributed by atoms with Gasteiger partial charge in [0.15, 0.2) is 0 Å². The van der Waals surface area contributed by atoms with Crippen molar-refractivity contribution in [2.45, 2.75) is 0 Å². The molecule has 9 rings (SSSR count). The van der Waals surface area contributed by atoms with Crippen LogP contribution in [0, 0.1) is 0 Å². The average molecular weight is 547 g/mol. The monoisotopic (exact) mass is 546 g/mol. The van der Waals surface area contributed by atoms with Crippen molar-refractivity contribution in [3.8, 4) is 33.4 Å². The summed E-state index contributed by atoms with van der Waals surface area (Å²) in [5.74, 6) is 0. The molecule has 1 heterocycles. The Morgan fingerprint density at radius 2 is 0.837 bits per heavy atom. The molecule has 0 spiro atoms. The van der Waals surface area contributed by atoms with Gasteiger partial charge in [0.1, 0.15) is 11.2 Å². The predicted octanol–water partition coefficient (Wildman–Crippen LogP) is 12.0. The zero-order chi connectivity index (χ0) is 28.3. The van der Waals surface area contributed by atoms with Crippen LogP contribution in [-0.2, 0) is 0 Å². The normalized spacial score (nSPS) is 11.7. The fraction of sp³-hybridized carbons (Fsp3) is 0. The van der Waals surface area contributed by atoms with Crippen molar-refractivity contribution in [3.63, 3.8) is 0 Å². The quantitative estimate of drug-likeness (QED) is 0.201. The fourth-order valence-electron chi connectivity index (χ4n) is 6.92. The van der Waals surface area contributed by atoms with Crippen molar-refractivity contribution >= 4 is 54.3 Å². The first-order valence-corrected chi connectivity index (χ1v) is 14.8. The van der Waals surface area contributed by atoms with E-state index in [2.05, 4.69) is 146 Å². The molecule has 0 aliphatic rings. The molecule has 0 amide bonds. The van der Waals surface area contributed by atoms with Crippen LogP contribution in [0.15, 0.2) is 162 Å². The molecule has 0 N–H and O–H groups in total. The van der Waals surface area contributed by atoms with Crippen LogP contribution in [0.2, 0.25) is 0 Å². The highest BCUT2D eigenvalue weighted by Crippen LogP contribution is 2.46. The van der Waals surface area contributed by atoms with Gasteiger partial charge in [-0.15, -0.1) is 0 Å². The molecule has 1 aromatic heterocycles. The van der Waals surface area contributed by atoms with Crippen LogP contribution in [0.1, 0.15) is 0 Å². The summed E-state index contributed by atoms with van der Waals surface area (Å²) in [6, 6.07) is 56.9. The van der Waals surface area contributed by atoms with Crippen molar-refractivity contribution < 1.29 is 4.42 Å². The van der Waals surface area contributed by atoms with E-state index in [1.807, 2.05) is 12.1 Å². The van der Waals surface area contributed by atoms with E-state index in [1.165, 1.54) is 60.1 Å². The maximum absolute atomic E-state index is 6.33. The number of rotatable bonds is 3. The number of fused-ring (bicyclic) bond motifs is 6. The van der Waals surface area contributed by atoms with E-state index in [0.29, 0.717) is 0 Å². The van der Waals surface area contributed by atoms with Crippen LogP contribution >= 0.6 is 0 Å². The van der Waals surface area contributed by atoms with E-state index in [1.54, 1.807) is 0 Å². The second-order valence-corrected chi connectivity index (χ2v) is 11.3. The number of furan rings is 1. The third-order valence-electron chi connectivity index (χ3n) is 8.86. The summed E-state index contributed by atoms with van der Waals surface area (Å²) in [4.78, 5) is 0. The summed E-state index contributed by atoms with van der Waals surface area (Å²) in [6.07, 6.45) is 0. The van der Waals surface area contributed by atoms with Crippen LogP contribution in [0.5, 0.6) is 0 Å². The van der Waals surface area contributed by atoms with E-state index in [4.69, 9.17) is 4.42 Å². The summed E-state index contributed by atoms with van der Waals surface area (Å²) in [5.41, 5.74) is 9.20. The van der Waals surface area contributed by atoms with Gasteiger partial charge in [-0.25, -0.2) is 0 Å². The number of benzene rings is 8. The Morgan fingerprint density at radius 1 is 0.302 bits per heavy atom. The summed E-state index contributed by atoms with van der Waals surface area (Å²) in [5, 5.41) is 9.77. The highest BCUT2D eigenvalue weighted by Gasteiger charge is 2.19. The maximum Gasteiger partial charge on any atom is 0.136 e. The minimum absolute atomic E-state index is 0.914. The van der Waals surface area contributed by atoms with Gasteiger partial charge in [-0.05, 0) is 90.0 Å². The van der Waals surface area contributed by atoms with E-state index in [0.717, 1.165) is 27.5 Å². The van der Waals surface area contributed by atoms with Gasteiger partial charge < -0.3 is 4.42 Å². The molecular formula is C42H26O. The zero-order valence-electron chi connectivity index (χ0n) is 23.4. The Labute approximate surface area is 249 Å². The first-order valence-electron chi connectivity index (χ1n) is 14.8. The lowest BCUT2D eigenvalue weighted by molar-refractivity contribution is 0.669. The van der Waals surface area contributed by atoms with Gasteiger partial charge in [-0.3, -0.25) is 0 Å². The molecule has 0 aliphatic heterocycles. The molecule has 43 heavy (non-hydrogen) atoms. The second-order valence-electron chi connectivity index (χ2n) is 11.3. The van der Waals surface area contributed by atoms with Crippen molar-refractivity contribution in [1.29, 1.82) is 0 Å². The molecule has 1 nitrogen and oxygen atoms in total. The van der Waals surface area contributed by atoms with Crippen LogP contribution in [0.3, 0.4) is 0 Å². The summed E-state index contributed by atoms with van der Waals surface area (Å²) >= 11 is 0. The van der Waals surface area contributed by atoms with Gasteiger partial charge in [-0.1, -0.05) is 133 Å². The van der Waals surface area contributed by atoms with Gasteiger partial charge in [-0.2, -0.15) is 0 Å². The van der Waals surface area contributed by atoms with Gasteiger partial charge in [0, 0.05) is 10.8 Å². The molecule has 8 aromatic carbocycles. The SMILES string of the molecule is c1ccc(-c2c3ccccc3c(-c3ccc4c(c3)oc3ccccc34)c3ccccc23)c(-c2ccc3ccccc3c2)c1. The third-order valence-corrected chi connectivity index (χ3v) is 8.86. The lowest BCUT2D eigenvalue weighted by atomic mass is 9.83. The topological polar surface area (TPSA) is 13.1 Å². The zero-order valence-corrected chi connectivity index (χ0v) is 23.4. The predicted molar refractivity (Wildman–Crippen MR) is 183 cm³/mol. The Bertz CT molecular complexity index is 2460. The molecule has 0 saturated carbocycles. The average Bonchev–Trinajstić information content (AvgIpc) is 3.45. The number of para-hydroxylation sites is 1. The third kappa shape index (κ3) is 3.72. The molecule has 0 aliphatic carbocycles. The molecule has 9 aromatic rings. The van der Waals surface area contributed by atoms with E-state index >= 15 is 0 Å². The van der Waals surface area contributed by atoms with Gasteiger partial charge in [0.2, 0.25) is 0 Å². The van der Waals surface area contributed by atoms with Crippen molar-refractivity contribution in [2.75, 3.05) is 0 Å². The molecule has 200 valence electrons. The molecule has 0 fully saturated rings. The highest BCUT2D eigenvalue weighted by atomic mass is 16.3. The Morgan fingerprint density at radius 3 is 1.58 bits per heavy atom. The van der Waals surface area contributed by atoms with Gasteiger partial charge >= 0.3 is 0 Å². The molecule has 0 unspecified atom stereocenters. The fourth-order valence-corrected chi connectivity index (χ4v) is 6.92. The van der Waals surface area contributed by atoms with Crippen LogP contribution in [0.25, 0.3) is 87.6 Å². The highest BCUT2D eigenvalue weighted by molar-refractivity contribution is 6.23. The molecule has 0 saturated heterocycles. The molecular weight excluding hydrogens is 520 g/mol. The summed E-state index contributed by atoms with van der Waals surface area (Å²) in [6.45, 7) is 0. The van der Waals surface area contributed by atoms with Crippen molar-refractivity contribution in [3.05, 3.63) is 158 Å².